The van der Waals surface area contributed by atoms with Crippen molar-refractivity contribution in [1.82, 2.24) is 15.1 Å². The van der Waals surface area contributed by atoms with Crippen molar-refractivity contribution in [2.75, 3.05) is 7.05 Å². The van der Waals surface area contributed by atoms with Crippen molar-refractivity contribution in [1.29, 1.82) is 0 Å². The van der Waals surface area contributed by atoms with Crippen LogP contribution in [0.25, 0.3) is 0 Å². The van der Waals surface area contributed by atoms with E-state index in [1.807, 2.05) is 13.2 Å². The number of hydrogen-bond acceptors (Lipinski definition) is 2. The predicted molar refractivity (Wildman–Crippen MR) is 63.9 cm³/mol. The van der Waals surface area contributed by atoms with E-state index in [4.69, 9.17) is 0 Å². The Morgan fingerprint density at radius 3 is 2.47 bits per heavy atom. The molecule has 0 radical (unpaired) electrons. The molecule has 1 aromatic heterocycles. The largest absolute Gasteiger partial charge is 0.316 e. The summed E-state index contributed by atoms with van der Waals surface area (Å²) in [6.45, 7) is 10.8. The molecule has 0 spiro atoms. The van der Waals surface area contributed by atoms with Gasteiger partial charge in [0.05, 0.1) is 6.20 Å². The van der Waals surface area contributed by atoms with Crippen molar-refractivity contribution in [3.05, 3.63) is 17.5 Å². The van der Waals surface area contributed by atoms with Gasteiger partial charge in [-0.2, -0.15) is 5.10 Å². The molecule has 0 aromatic carbocycles. The van der Waals surface area contributed by atoms with Gasteiger partial charge in [-0.05, 0) is 18.9 Å². The summed E-state index contributed by atoms with van der Waals surface area (Å²) >= 11 is 0. The van der Waals surface area contributed by atoms with Gasteiger partial charge in [-0.3, -0.25) is 4.68 Å². The standard InChI is InChI=1S/C12H23N3/c1-9(2)8-15-12(10(3)4)11(6-13-5)7-14-15/h7,9-10,13H,6,8H2,1-5H3. The molecule has 86 valence electrons. The minimum Gasteiger partial charge on any atom is -0.316 e. The third-order valence-corrected chi connectivity index (χ3v) is 2.41. The third kappa shape index (κ3) is 3.06. The van der Waals surface area contributed by atoms with Gasteiger partial charge in [0, 0.05) is 24.3 Å². The molecule has 15 heavy (non-hydrogen) atoms. The van der Waals surface area contributed by atoms with Crippen LogP contribution in [-0.2, 0) is 13.1 Å². The zero-order valence-corrected chi connectivity index (χ0v) is 10.5. The van der Waals surface area contributed by atoms with Crippen molar-refractivity contribution in [3.63, 3.8) is 0 Å². The highest BCUT2D eigenvalue weighted by molar-refractivity contribution is 5.20. The molecule has 1 aromatic rings. The van der Waals surface area contributed by atoms with Crippen molar-refractivity contribution in [2.45, 2.75) is 46.7 Å². The lowest BCUT2D eigenvalue weighted by molar-refractivity contribution is 0.460. The molecule has 0 amide bonds. The lowest BCUT2D eigenvalue weighted by Gasteiger charge is -2.14. The van der Waals surface area contributed by atoms with E-state index in [9.17, 15) is 0 Å². The lowest BCUT2D eigenvalue weighted by Crippen LogP contribution is -2.13. The number of nitrogens with zero attached hydrogens (tertiary/aromatic N) is 2. The molecule has 0 aliphatic heterocycles. The van der Waals surface area contributed by atoms with Gasteiger partial charge in [0.1, 0.15) is 0 Å². The highest BCUT2D eigenvalue weighted by atomic mass is 15.3. The molecular weight excluding hydrogens is 186 g/mol. The molecule has 0 unspecified atom stereocenters. The van der Waals surface area contributed by atoms with Crippen LogP contribution in [0.15, 0.2) is 6.20 Å². The van der Waals surface area contributed by atoms with E-state index in [1.54, 1.807) is 0 Å². The average Bonchev–Trinajstić information content (AvgIpc) is 2.47. The second-order valence-corrected chi connectivity index (χ2v) is 4.82. The van der Waals surface area contributed by atoms with E-state index in [2.05, 4.69) is 42.8 Å². The zero-order valence-electron chi connectivity index (χ0n) is 10.5. The first kappa shape index (κ1) is 12.2. The first-order chi connectivity index (χ1) is 7.06. The first-order valence-electron chi connectivity index (χ1n) is 5.75. The Labute approximate surface area is 92.9 Å². The molecule has 0 saturated heterocycles. The quantitative estimate of drug-likeness (QED) is 0.807. The number of aromatic nitrogens is 2. The van der Waals surface area contributed by atoms with Gasteiger partial charge in [0.25, 0.3) is 0 Å². The highest BCUT2D eigenvalue weighted by Gasteiger charge is 2.13. The van der Waals surface area contributed by atoms with Crippen LogP contribution in [0.2, 0.25) is 0 Å². The lowest BCUT2D eigenvalue weighted by atomic mass is 10.1. The highest BCUT2D eigenvalue weighted by Crippen LogP contribution is 2.20. The fraction of sp³-hybridized carbons (Fsp3) is 0.750. The molecule has 1 rings (SSSR count). The van der Waals surface area contributed by atoms with E-state index >= 15 is 0 Å². The first-order valence-corrected chi connectivity index (χ1v) is 5.75. The molecule has 0 atom stereocenters. The van der Waals surface area contributed by atoms with E-state index in [-0.39, 0.29) is 0 Å². The van der Waals surface area contributed by atoms with Crippen LogP contribution in [0.5, 0.6) is 0 Å². The van der Waals surface area contributed by atoms with Crippen LogP contribution < -0.4 is 5.32 Å². The summed E-state index contributed by atoms with van der Waals surface area (Å²) in [6.07, 6.45) is 1.99. The summed E-state index contributed by atoms with van der Waals surface area (Å²) < 4.78 is 2.15. The third-order valence-electron chi connectivity index (χ3n) is 2.41. The Hall–Kier alpha value is -0.830. The minimum atomic E-state index is 0.537. The maximum absolute atomic E-state index is 4.47. The molecule has 1 heterocycles. The fourth-order valence-electron chi connectivity index (χ4n) is 1.92. The molecule has 0 saturated carbocycles. The summed E-state index contributed by atoms with van der Waals surface area (Å²) in [5, 5.41) is 7.67. The monoisotopic (exact) mass is 209 g/mol. The maximum atomic E-state index is 4.47. The summed E-state index contributed by atoms with van der Waals surface area (Å²) in [5.74, 6) is 1.18. The van der Waals surface area contributed by atoms with E-state index in [0.717, 1.165) is 13.1 Å². The Balaban J connectivity index is 2.95. The van der Waals surface area contributed by atoms with Crippen molar-refractivity contribution in [3.8, 4) is 0 Å². The normalized spacial score (nSPS) is 11.7. The number of nitrogens with one attached hydrogen (secondary N) is 1. The predicted octanol–water partition coefficient (Wildman–Crippen LogP) is 2.38. The number of hydrogen-bond donors (Lipinski definition) is 1. The number of rotatable bonds is 5. The summed E-state index contributed by atoms with van der Waals surface area (Å²) in [5.41, 5.74) is 2.70. The van der Waals surface area contributed by atoms with Gasteiger partial charge in [-0.15, -0.1) is 0 Å². The molecule has 1 N–H and O–H groups in total. The van der Waals surface area contributed by atoms with Crippen LogP contribution in [0, 0.1) is 5.92 Å². The van der Waals surface area contributed by atoms with Gasteiger partial charge in [0.2, 0.25) is 0 Å². The van der Waals surface area contributed by atoms with Crippen LogP contribution >= 0.6 is 0 Å². The SMILES string of the molecule is CNCc1cnn(CC(C)C)c1C(C)C. The van der Waals surface area contributed by atoms with E-state index in [0.29, 0.717) is 11.8 Å². The molecule has 0 bridgehead atoms. The summed E-state index contributed by atoms with van der Waals surface area (Å²) in [6, 6.07) is 0. The molecule has 3 heteroatoms. The van der Waals surface area contributed by atoms with Gasteiger partial charge >= 0.3 is 0 Å². The maximum Gasteiger partial charge on any atom is 0.0537 e. The van der Waals surface area contributed by atoms with Crippen molar-refractivity contribution >= 4 is 0 Å². The summed E-state index contributed by atoms with van der Waals surface area (Å²) in [4.78, 5) is 0. The Kier molecular flexibility index (Phi) is 4.33. The second-order valence-electron chi connectivity index (χ2n) is 4.82. The van der Waals surface area contributed by atoms with Crippen LogP contribution in [0.1, 0.15) is 44.9 Å². The molecule has 0 aliphatic rings. The topological polar surface area (TPSA) is 29.9 Å². The summed E-state index contributed by atoms with van der Waals surface area (Å²) in [7, 11) is 1.98. The molecule has 0 fully saturated rings. The average molecular weight is 209 g/mol. The molecular formula is C12H23N3. The zero-order chi connectivity index (χ0) is 11.4. The Bertz CT molecular complexity index is 300. The van der Waals surface area contributed by atoms with E-state index in [1.165, 1.54) is 11.3 Å². The van der Waals surface area contributed by atoms with Gasteiger partial charge in [0.15, 0.2) is 0 Å². The Morgan fingerprint density at radius 2 is 2.00 bits per heavy atom. The fourth-order valence-corrected chi connectivity index (χ4v) is 1.92. The minimum absolute atomic E-state index is 0.537. The van der Waals surface area contributed by atoms with Crippen molar-refractivity contribution < 1.29 is 0 Å². The van der Waals surface area contributed by atoms with Gasteiger partial charge in [-0.1, -0.05) is 27.7 Å². The van der Waals surface area contributed by atoms with Crippen molar-refractivity contribution in [2.24, 2.45) is 5.92 Å². The smallest absolute Gasteiger partial charge is 0.0537 e. The van der Waals surface area contributed by atoms with Crippen LogP contribution in [-0.4, -0.2) is 16.8 Å². The van der Waals surface area contributed by atoms with Gasteiger partial charge in [-0.25, -0.2) is 0 Å². The second kappa shape index (κ2) is 5.31. The van der Waals surface area contributed by atoms with Crippen LogP contribution in [0.3, 0.4) is 0 Å². The van der Waals surface area contributed by atoms with Crippen LogP contribution in [0.4, 0.5) is 0 Å². The van der Waals surface area contributed by atoms with E-state index < -0.39 is 0 Å². The van der Waals surface area contributed by atoms with Gasteiger partial charge < -0.3 is 5.32 Å². The Morgan fingerprint density at radius 1 is 1.33 bits per heavy atom. The molecule has 0 aliphatic carbocycles. The molecule has 3 nitrogen and oxygen atoms in total.